The number of piperazine rings is 1. The molecule has 150 valence electrons. The fourth-order valence-electron chi connectivity index (χ4n) is 3.90. The summed E-state index contributed by atoms with van der Waals surface area (Å²) in [6.45, 7) is 7.51. The van der Waals surface area contributed by atoms with Crippen molar-refractivity contribution in [2.24, 2.45) is 0 Å². The minimum atomic E-state index is -3.66. The van der Waals surface area contributed by atoms with Gasteiger partial charge in [-0.3, -0.25) is 4.79 Å². The van der Waals surface area contributed by atoms with Crippen molar-refractivity contribution in [1.82, 2.24) is 9.21 Å². The maximum atomic E-state index is 13.4. The molecule has 7 heteroatoms. The summed E-state index contributed by atoms with van der Waals surface area (Å²) in [4.78, 5) is 13.9. The van der Waals surface area contributed by atoms with Gasteiger partial charge in [0, 0.05) is 31.7 Å². The molecular formula is C21H25BrN2O3S. The van der Waals surface area contributed by atoms with Crippen LogP contribution < -0.4 is 0 Å². The predicted molar refractivity (Wildman–Crippen MR) is 115 cm³/mol. The Morgan fingerprint density at radius 1 is 1.00 bits per heavy atom. The zero-order valence-electron chi connectivity index (χ0n) is 16.4. The van der Waals surface area contributed by atoms with Gasteiger partial charge in [0.05, 0.1) is 10.2 Å². The Bertz CT molecular complexity index is 973. The van der Waals surface area contributed by atoms with Crippen LogP contribution in [-0.4, -0.2) is 55.0 Å². The van der Waals surface area contributed by atoms with Gasteiger partial charge < -0.3 is 4.90 Å². The van der Waals surface area contributed by atoms with Gasteiger partial charge in [0.25, 0.3) is 0 Å². The number of alkyl halides is 1. The average molecular weight is 465 g/mol. The summed E-state index contributed by atoms with van der Waals surface area (Å²) in [5.74, 6) is -0.0108. The molecule has 2 aromatic rings. The molecule has 5 nitrogen and oxygen atoms in total. The zero-order chi connectivity index (χ0) is 20.5. The molecule has 0 bridgehead atoms. The molecule has 1 aliphatic rings. The molecule has 0 saturated carbocycles. The van der Waals surface area contributed by atoms with E-state index in [0.717, 1.165) is 27.8 Å². The van der Waals surface area contributed by atoms with E-state index in [1.165, 1.54) is 4.31 Å². The molecule has 2 aromatic carbocycles. The minimum Gasteiger partial charge on any atom is -0.339 e. The number of carbonyl (C=O) groups excluding carboxylic acids is 1. The molecule has 0 aromatic heterocycles. The number of nitrogens with zero attached hydrogens (tertiary/aromatic N) is 2. The summed E-state index contributed by atoms with van der Waals surface area (Å²) in [5.41, 5.74) is 4.99. The standard InChI is InChI=1S/C21H25BrN2O3S/c1-15-12-16(2)21(17(3)13-15)18-6-4-5-7-19(18)28(26,27)24-10-8-23(9-11-24)20(25)14-22/h4-7,12-13H,8-11,14H2,1-3H3. The van der Waals surface area contributed by atoms with Crippen LogP contribution in [-0.2, 0) is 14.8 Å². The van der Waals surface area contributed by atoms with Gasteiger partial charge in [-0.05, 0) is 43.5 Å². The van der Waals surface area contributed by atoms with E-state index >= 15 is 0 Å². The van der Waals surface area contributed by atoms with Gasteiger partial charge in [-0.2, -0.15) is 4.31 Å². The first-order chi connectivity index (χ1) is 13.3. The predicted octanol–water partition coefficient (Wildman–Crippen LogP) is 3.51. The lowest BCUT2D eigenvalue weighted by atomic mass is 9.94. The van der Waals surface area contributed by atoms with E-state index in [1.54, 1.807) is 17.0 Å². The molecule has 1 heterocycles. The second-order valence-electron chi connectivity index (χ2n) is 7.19. The van der Waals surface area contributed by atoms with Crippen LogP contribution in [0.25, 0.3) is 11.1 Å². The number of carbonyl (C=O) groups is 1. The Labute approximate surface area is 175 Å². The summed E-state index contributed by atoms with van der Waals surface area (Å²) in [7, 11) is -3.66. The van der Waals surface area contributed by atoms with Gasteiger partial charge in [-0.15, -0.1) is 0 Å². The topological polar surface area (TPSA) is 57.7 Å². The summed E-state index contributed by atoms with van der Waals surface area (Å²) < 4.78 is 28.3. The molecule has 1 fully saturated rings. The smallest absolute Gasteiger partial charge is 0.243 e. The van der Waals surface area contributed by atoms with Crippen molar-refractivity contribution in [3.8, 4) is 11.1 Å². The van der Waals surface area contributed by atoms with Crippen LogP contribution >= 0.6 is 15.9 Å². The van der Waals surface area contributed by atoms with E-state index in [-0.39, 0.29) is 11.2 Å². The van der Waals surface area contributed by atoms with Crippen molar-refractivity contribution in [3.05, 3.63) is 53.1 Å². The number of sulfonamides is 1. The summed E-state index contributed by atoms with van der Waals surface area (Å²) in [6, 6.07) is 11.4. The summed E-state index contributed by atoms with van der Waals surface area (Å²) in [5, 5.41) is 0.258. The lowest BCUT2D eigenvalue weighted by molar-refractivity contribution is -0.129. The maximum absolute atomic E-state index is 13.4. The molecule has 0 spiro atoms. The first kappa shape index (κ1) is 21.0. The van der Waals surface area contributed by atoms with Gasteiger partial charge in [-0.1, -0.05) is 51.8 Å². The van der Waals surface area contributed by atoms with E-state index in [2.05, 4.69) is 28.1 Å². The van der Waals surface area contributed by atoms with Crippen molar-refractivity contribution in [2.75, 3.05) is 31.5 Å². The fourth-order valence-corrected chi connectivity index (χ4v) is 5.88. The number of hydrogen-bond acceptors (Lipinski definition) is 3. The Balaban J connectivity index is 1.98. The second kappa shape index (κ2) is 8.35. The van der Waals surface area contributed by atoms with Crippen molar-refractivity contribution in [1.29, 1.82) is 0 Å². The molecule has 1 saturated heterocycles. The lowest BCUT2D eigenvalue weighted by Gasteiger charge is -2.34. The monoisotopic (exact) mass is 464 g/mol. The maximum Gasteiger partial charge on any atom is 0.243 e. The lowest BCUT2D eigenvalue weighted by Crippen LogP contribution is -2.50. The number of rotatable bonds is 4. The number of benzene rings is 2. The number of halogens is 1. The average Bonchev–Trinajstić information content (AvgIpc) is 2.67. The highest BCUT2D eigenvalue weighted by atomic mass is 79.9. The molecule has 0 N–H and O–H groups in total. The van der Waals surface area contributed by atoms with Crippen LogP contribution in [0.5, 0.6) is 0 Å². The Morgan fingerprint density at radius 2 is 1.57 bits per heavy atom. The van der Waals surface area contributed by atoms with E-state index in [0.29, 0.717) is 31.1 Å². The summed E-state index contributed by atoms with van der Waals surface area (Å²) in [6.07, 6.45) is 0. The Morgan fingerprint density at radius 3 is 2.14 bits per heavy atom. The first-order valence-corrected chi connectivity index (χ1v) is 11.8. The van der Waals surface area contributed by atoms with Crippen LogP contribution in [0.2, 0.25) is 0 Å². The molecule has 0 aliphatic carbocycles. The number of amides is 1. The van der Waals surface area contributed by atoms with Crippen molar-refractivity contribution < 1.29 is 13.2 Å². The highest BCUT2D eigenvalue weighted by Gasteiger charge is 2.31. The van der Waals surface area contributed by atoms with Crippen molar-refractivity contribution in [2.45, 2.75) is 25.7 Å². The molecule has 1 aliphatic heterocycles. The van der Waals surface area contributed by atoms with E-state index in [9.17, 15) is 13.2 Å². The van der Waals surface area contributed by atoms with Crippen LogP contribution in [0.4, 0.5) is 0 Å². The molecule has 3 rings (SSSR count). The van der Waals surface area contributed by atoms with Gasteiger partial charge in [0.1, 0.15) is 0 Å². The van der Waals surface area contributed by atoms with Gasteiger partial charge in [0.2, 0.25) is 15.9 Å². The van der Waals surface area contributed by atoms with Crippen molar-refractivity contribution >= 4 is 31.9 Å². The number of aryl methyl sites for hydroxylation is 3. The molecule has 1 amide bonds. The minimum absolute atomic E-state index is 0.0108. The highest BCUT2D eigenvalue weighted by Crippen LogP contribution is 2.34. The first-order valence-electron chi connectivity index (χ1n) is 9.27. The largest absolute Gasteiger partial charge is 0.339 e. The Hall–Kier alpha value is -1.70. The fraction of sp³-hybridized carbons (Fsp3) is 0.381. The third-order valence-corrected chi connectivity index (χ3v) is 7.59. The van der Waals surface area contributed by atoms with E-state index in [1.807, 2.05) is 32.9 Å². The van der Waals surface area contributed by atoms with Gasteiger partial charge in [-0.25, -0.2) is 8.42 Å². The van der Waals surface area contributed by atoms with E-state index in [4.69, 9.17) is 0 Å². The van der Waals surface area contributed by atoms with Crippen LogP contribution in [0, 0.1) is 20.8 Å². The third-order valence-electron chi connectivity index (χ3n) is 5.16. The zero-order valence-corrected chi connectivity index (χ0v) is 18.8. The van der Waals surface area contributed by atoms with Crippen molar-refractivity contribution in [3.63, 3.8) is 0 Å². The molecular weight excluding hydrogens is 440 g/mol. The normalized spacial score (nSPS) is 15.6. The third kappa shape index (κ3) is 4.02. The van der Waals surface area contributed by atoms with Crippen LogP contribution in [0.15, 0.2) is 41.3 Å². The molecule has 0 atom stereocenters. The SMILES string of the molecule is Cc1cc(C)c(-c2ccccc2S(=O)(=O)N2CCN(C(=O)CBr)CC2)c(C)c1. The second-order valence-corrected chi connectivity index (χ2v) is 9.66. The van der Waals surface area contributed by atoms with Gasteiger partial charge in [0.15, 0.2) is 0 Å². The van der Waals surface area contributed by atoms with Gasteiger partial charge >= 0.3 is 0 Å². The highest BCUT2D eigenvalue weighted by molar-refractivity contribution is 9.09. The molecule has 0 radical (unpaired) electrons. The molecule has 28 heavy (non-hydrogen) atoms. The summed E-state index contributed by atoms with van der Waals surface area (Å²) >= 11 is 3.17. The molecule has 0 unspecified atom stereocenters. The quantitative estimate of drug-likeness (QED) is 0.650. The van der Waals surface area contributed by atoms with Crippen LogP contribution in [0.3, 0.4) is 0 Å². The Kier molecular flexibility index (Phi) is 6.27. The van der Waals surface area contributed by atoms with E-state index < -0.39 is 10.0 Å². The number of hydrogen-bond donors (Lipinski definition) is 0. The van der Waals surface area contributed by atoms with Crippen LogP contribution in [0.1, 0.15) is 16.7 Å².